The molecule has 148 valence electrons. The molecule has 3 aromatic rings. The number of amides is 1. The first-order valence-corrected chi connectivity index (χ1v) is 9.79. The van der Waals surface area contributed by atoms with E-state index in [-0.39, 0.29) is 5.91 Å². The van der Waals surface area contributed by atoms with Crippen LogP contribution in [-0.2, 0) is 6.54 Å². The van der Waals surface area contributed by atoms with Crippen LogP contribution in [0, 0.1) is 0 Å². The molecule has 0 radical (unpaired) electrons. The molecule has 0 aliphatic carbocycles. The van der Waals surface area contributed by atoms with Crippen molar-refractivity contribution >= 4 is 28.6 Å². The minimum Gasteiger partial charge on any atom is -0.378 e. The number of likely N-dealkylation sites (N-methyl/N-ethyl adjacent to an activating group) is 1. The molecule has 0 fully saturated rings. The topological polar surface area (TPSA) is 53.4 Å². The van der Waals surface area contributed by atoms with Gasteiger partial charge in [0.1, 0.15) is 0 Å². The molecule has 28 heavy (non-hydrogen) atoms. The highest BCUT2D eigenvalue weighted by Crippen LogP contribution is 2.21. The highest BCUT2D eigenvalue weighted by atomic mass is 16.1. The maximum Gasteiger partial charge on any atom is 0.257 e. The zero-order valence-electron chi connectivity index (χ0n) is 17.1. The molecule has 0 bridgehead atoms. The molecule has 0 aliphatic rings. The van der Waals surface area contributed by atoms with E-state index >= 15 is 0 Å². The summed E-state index contributed by atoms with van der Waals surface area (Å²) in [5.74, 6) is 0.444. The summed E-state index contributed by atoms with van der Waals surface area (Å²) in [6.07, 6.45) is 0. The number of imidazole rings is 1. The molecule has 0 unspecified atom stereocenters. The van der Waals surface area contributed by atoms with Gasteiger partial charge in [0.15, 0.2) is 0 Å². The maximum atomic E-state index is 12.8. The van der Waals surface area contributed by atoms with Crippen molar-refractivity contribution in [2.24, 2.45) is 0 Å². The minimum atomic E-state index is -0.148. The van der Waals surface area contributed by atoms with Crippen molar-refractivity contribution in [3.8, 4) is 0 Å². The van der Waals surface area contributed by atoms with Crippen LogP contribution in [0.3, 0.4) is 0 Å². The van der Waals surface area contributed by atoms with Gasteiger partial charge in [-0.25, -0.2) is 4.98 Å². The van der Waals surface area contributed by atoms with Gasteiger partial charge in [-0.2, -0.15) is 0 Å². The van der Waals surface area contributed by atoms with E-state index in [9.17, 15) is 4.79 Å². The largest absolute Gasteiger partial charge is 0.378 e. The fourth-order valence-electron chi connectivity index (χ4n) is 3.26. The van der Waals surface area contributed by atoms with E-state index in [2.05, 4.69) is 33.6 Å². The van der Waals surface area contributed by atoms with Crippen LogP contribution >= 0.6 is 0 Å². The van der Waals surface area contributed by atoms with Gasteiger partial charge in [-0.15, -0.1) is 0 Å². The number of para-hydroxylation sites is 2. The number of benzene rings is 2. The smallest absolute Gasteiger partial charge is 0.257 e. The summed E-state index contributed by atoms with van der Waals surface area (Å²) < 4.78 is 2.10. The molecule has 1 amide bonds. The molecule has 1 heterocycles. The van der Waals surface area contributed by atoms with Crippen LogP contribution < -0.4 is 10.2 Å². The van der Waals surface area contributed by atoms with E-state index in [1.807, 2.05) is 67.5 Å². The molecule has 1 aromatic heterocycles. The number of fused-ring (bicyclic) bond motifs is 1. The first kappa shape index (κ1) is 19.9. The number of aromatic nitrogens is 2. The molecule has 0 atom stereocenters. The SMILES string of the molecule is CCN(CC)CCn1c(NC(=O)c2ccc(N(C)C)cc2)nc2ccccc21. The number of carbonyl (C=O) groups is 1. The van der Waals surface area contributed by atoms with Crippen LogP contribution in [0.1, 0.15) is 24.2 Å². The Morgan fingerprint density at radius 2 is 1.71 bits per heavy atom. The van der Waals surface area contributed by atoms with Crippen LogP contribution in [-0.4, -0.2) is 54.1 Å². The third kappa shape index (κ3) is 4.34. The van der Waals surface area contributed by atoms with Crippen molar-refractivity contribution in [2.45, 2.75) is 20.4 Å². The first-order chi connectivity index (χ1) is 13.5. The second-order valence-corrected chi connectivity index (χ2v) is 7.00. The first-order valence-electron chi connectivity index (χ1n) is 9.79. The Morgan fingerprint density at radius 1 is 1.04 bits per heavy atom. The number of nitrogens with one attached hydrogen (secondary N) is 1. The highest BCUT2D eigenvalue weighted by molar-refractivity contribution is 6.04. The predicted octanol–water partition coefficient (Wildman–Crippen LogP) is 3.70. The molecule has 3 rings (SSSR count). The second-order valence-electron chi connectivity index (χ2n) is 7.00. The number of hydrogen-bond donors (Lipinski definition) is 1. The Labute approximate surface area is 166 Å². The lowest BCUT2D eigenvalue weighted by molar-refractivity contribution is 0.102. The van der Waals surface area contributed by atoms with Crippen molar-refractivity contribution in [2.75, 3.05) is 43.9 Å². The van der Waals surface area contributed by atoms with Gasteiger partial charge >= 0.3 is 0 Å². The fraction of sp³-hybridized carbons (Fsp3) is 0.364. The van der Waals surface area contributed by atoms with Crippen LogP contribution in [0.2, 0.25) is 0 Å². The quantitative estimate of drug-likeness (QED) is 0.648. The zero-order chi connectivity index (χ0) is 20.1. The lowest BCUT2D eigenvalue weighted by atomic mass is 10.2. The van der Waals surface area contributed by atoms with Crippen molar-refractivity contribution < 1.29 is 4.79 Å². The minimum absolute atomic E-state index is 0.148. The summed E-state index contributed by atoms with van der Waals surface area (Å²) in [4.78, 5) is 21.8. The summed E-state index contributed by atoms with van der Waals surface area (Å²) in [5.41, 5.74) is 3.60. The summed E-state index contributed by atoms with van der Waals surface area (Å²) >= 11 is 0. The number of rotatable bonds is 8. The Kier molecular flexibility index (Phi) is 6.31. The van der Waals surface area contributed by atoms with Crippen LogP contribution in [0.5, 0.6) is 0 Å². The molecule has 0 saturated carbocycles. The molecule has 6 heteroatoms. The average molecular weight is 380 g/mol. The van der Waals surface area contributed by atoms with Crippen LogP contribution in [0.4, 0.5) is 11.6 Å². The molecular formula is C22H29N5O. The van der Waals surface area contributed by atoms with E-state index < -0.39 is 0 Å². The van der Waals surface area contributed by atoms with Crippen molar-refractivity contribution in [3.63, 3.8) is 0 Å². The van der Waals surface area contributed by atoms with Crippen LogP contribution in [0.25, 0.3) is 11.0 Å². The third-order valence-electron chi connectivity index (χ3n) is 5.06. The summed E-state index contributed by atoms with van der Waals surface area (Å²) in [6, 6.07) is 15.6. The van der Waals surface area contributed by atoms with E-state index in [0.29, 0.717) is 11.5 Å². The third-order valence-corrected chi connectivity index (χ3v) is 5.06. The number of nitrogens with zero attached hydrogens (tertiary/aromatic N) is 4. The molecule has 0 aliphatic heterocycles. The summed E-state index contributed by atoms with van der Waals surface area (Å²) in [5, 5.41) is 3.01. The van der Waals surface area contributed by atoms with Gasteiger partial charge in [0.25, 0.3) is 5.91 Å². The van der Waals surface area contributed by atoms with Gasteiger partial charge in [-0.1, -0.05) is 26.0 Å². The lowest BCUT2D eigenvalue weighted by Crippen LogP contribution is -2.27. The average Bonchev–Trinajstić information content (AvgIpc) is 3.06. The Morgan fingerprint density at radius 3 is 2.36 bits per heavy atom. The van der Waals surface area contributed by atoms with Gasteiger partial charge in [-0.05, 0) is 49.5 Å². The monoisotopic (exact) mass is 379 g/mol. The fourth-order valence-corrected chi connectivity index (χ4v) is 3.26. The standard InChI is InChI=1S/C22H29N5O/c1-5-26(6-2)15-16-27-20-10-8-7-9-19(20)23-22(27)24-21(28)17-11-13-18(14-12-17)25(3)4/h7-14H,5-6,15-16H2,1-4H3,(H,23,24,28). The van der Waals surface area contributed by atoms with Crippen molar-refractivity contribution in [1.29, 1.82) is 0 Å². The molecule has 1 N–H and O–H groups in total. The van der Waals surface area contributed by atoms with E-state index in [1.54, 1.807) is 0 Å². The second kappa shape index (κ2) is 8.89. The van der Waals surface area contributed by atoms with Gasteiger partial charge in [0.05, 0.1) is 11.0 Å². The number of carbonyl (C=O) groups excluding carboxylic acids is 1. The summed E-state index contributed by atoms with van der Waals surface area (Å²) in [6.45, 7) is 8.02. The molecule has 2 aromatic carbocycles. The lowest BCUT2D eigenvalue weighted by Gasteiger charge is -2.19. The van der Waals surface area contributed by atoms with E-state index in [4.69, 9.17) is 0 Å². The zero-order valence-corrected chi connectivity index (χ0v) is 17.1. The Bertz CT molecular complexity index is 926. The van der Waals surface area contributed by atoms with Crippen molar-refractivity contribution in [3.05, 3.63) is 54.1 Å². The van der Waals surface area contributed by atoms with Crippen LogP contribution in [0.15, 0.2) is 48.5 Å². The summed E-state index contributed by atoms with van der Waals surface area (Å²) in [7, 11) is 3.96. The van der Waals surface area contributed by atoms with E-state index in [0.717, 1.165) is 42.9 Å². The molecular weight excluding hydrogens is 350 g/mol. The molecule has 0 spiro atoms. The molecule has 6 nitrogen and oxygen atoms in total. The maximum absolute atomic E-state index is 12.8. The van der Waals surface area contributed by atoms with Gasteiger partial charge in [0.2, 0.25) is 5.95 Å². The normalized spacial score (nSPS) is 11.2. The highest BCUT2D eigenvalue weighted by Gasteiger charge is 2.15. The van der Waals surface area contributed by atoms with Gasteiger partial charge in [0, 0.05) is 38.4 Å². The van der Waals surface area contributed by atoms with Gasteiger partial charge < -0.3 is 14.4 Å². The molecule has 0 saturated heterocycles. The Balaban J connectivity index is 1.85. The van der Waals surface area contributed by atoms with Crippen molar-refractivity contribution in [1.82, 2.24) is 14.5 Å². The predicted molar refractivity (Wildman–Crippen MR) is 116 cm³/mol. The number of anilines is 2. The van der Waals surface area contributed by atoms with Gasteiger partial charge in [-0.3, -0.25) is 10.1 Å². The Hall–Kier alpha value is -2.86. The van der Waals surface area contributed by atoms with E-state index in [1.165, 1.54) is 0 Å². The number of hydrogen-bond acceptors (Lipinski definition) is 4.